The number of halogens is 3. The number of aliphatic hydroxyl groups excluding tert-OH is 1. The van der Waals surface area contributed by atoms with E-state index >= 15 is 0 Å². The molecule has 3 aromatic rings. The van der Waals surface area contributed by atoms with Crippen LogP contribution >= 0.6 is 0 Å². The van der Waals surface area contributed by atoms with Crippen LogP contribution in [0.4, 0.5) is 19.0 Å². The number of alkyl halides is 3. The van der Waals surface area contributed by atoms with Gasteiger partial charge in [0, 0.05) is 30.5 Å². The average molecular weight is 459 g/mol. The highest BCUT2D eigenvalue weighted by molar-refractivity contribution is 5.39. The summed E-state index contributed by atoms with van der Waals surface area (Å²) in [6, 6.07) is 6.00. The molecule has 5 heterocycles. The number of aryl methyl sites for hydroxylation is 1. The summed E-state index contributed by atoms with van der Waals surface area (Å²) in [5, 5.41) is 23.1. The Kier molecular flexibility index (Phi) is 5.53. The van der Waals surface area contributed by atoms with Crippen molar-refractivity contribution in [1.29, 1.82) is 0 Å². The summed E-state index contributed by atoms with van der Waals surface area (Å²) in [7, 11) is 0. The van der Waals surface area contributed by atoms with Crippen molar-refractivity contribution in [3.63, 3.8) is 0 Å². The minimum Gasteiger partial charge on any atom is -0.372 e. The number of aliphatic hydroxyl groups is 1. The largest absolute Gasteiger partial charge is 0.417 e. The van der Waals surface area contributed by atoms with Crippen LogP contribution in [0.3, 0.4) is 0 Å². The van der Waals surface area contributed by atoms with Gasteiger partial charge < -0.3 is 10.4 Å². The van der Waals surface area contributed by atoms with Crippen molar-refractivity contribution in [3.8, 4) is 5.69 Å². The molecule has 11 heteroatoms. The molecule has 0 spiro atoms. The average Bonchev–Trinajstić information content (AvgIpc) is 3.33. The smallest absolute Gasteiger partial charge is 0.372 e. The van der Waals surface area contributed by atoms with E-state index in [9.17, 15) is 18.3 Å². The summed E-state index contributed by atoms with van der Waals surface area (Å²) in [5.41, 5.74) is 1.07. The van der Waals surface area contributed by atoms with Gasteiger partial charge in [-0.15, -0.1) is 4.80 Å². The number of fused-ring (bicyclic) bond motifs is 3. The Bertz CT molecular complexity index is 1100. The molecular weight excluding hydrogens is 435 g/mol. The molecule has 2 aliphatic heterocycles. The van der Waals surface area contributed by atoms with E-state index in [0.717, 1.165) is 37.2 Å². The maximum Gasteiger partial charge on any atom is 0.417 e. The molecule has 4 atom stereocenters. The summed E-state index contributed by atoms with van der Waals surface area (Å²) in [6.07, 6.45) is 1.36. The van der Waals surface area contributed by atoms with Gasteiger partial charge in [0.25, 0.3) is 0 Å². The summed E-state index contributed by atoms with van der Waals surface area (Å²) in [4.78, 5) is 12.0. The molecule has 33 heavy (non-hydrogen) atoms. The maximum absolute atomic E-state index is 12.9. The van der Waals surface area contributed by atoms with Crippen LogP contribution in [0.1, 0.15) is 42.4 Å². The molecule has 2 saturated heterocycles. The van der Waals surface area contributed by atoms with Crippen LogP contribution in [0, 0.1) is 12.8 Å². The number of aromatic nitrogens is 5. The Labute approximate surface area is 188 Å². The molecule has 2 bridgehead atoms. The highest BCUT2D eigenvalue weighted by atomic mass is 19.4. The molecule has 1 aliphatic carbocycles. The first kappa shape index (κ1) is 21.8. The van der Waals surface area contributed by atoms with Crippen LogP contribution in [0.15, 0.2) is 42.9 Å². The summed E-state index contributed by atoms with van der Waals surface area (Å²) >= 11 is 0. The lowest BCUT2D eigenvalue weighted by Gasteiger charge is -2.51. The molecule has 0 aromatic carbocycles. The van der Waals surface area contributed by atoms with Crippen LogP contribution in [0.5, 0.6) is 0 Å². The zero-order valence-electron chi connectivity index (χ0n) is 17.9. The first-order valence-electron chi connectivity index (χ1n) is 10.9. The van der Waals surface area contributed by atoms with Crippen LogP contribution < -0.4 is 5.32 Å². The molecule has 3 fully saturated rings. The van der Waals surface area contributed by atoms with Gasteiger partial charge in [-0.05, 0) is 56.4 Å². The van der Waals surface area contributed by atoms with Crippen molar-refractivity contribution in [2.24, 2.45) is 5.92 Å². The van der Waals surface area contributed by atoms with E-state index < -0.39 is 18.0 Å². The van der Waals surface area contributed by atoms with E-state index in [4.69, 9.17) is 0 Å². The predicted octanol–water partition coefficient (Wildman–Crippen LogP) is 3.34. The lowest BCUT2D eigenvalue weighted by Crippen LogP contribution is -2.59. The van der Waals surface area contributed by atoms with E-state index in [-0.39, 0.29) is 12.1 Å². The minimum absolute atomic E-state index is 0.0187. The van der Waals surface area contributed by atoms with Gasteiger partial charge in [-0.1, -0.05) is 0 Å². The molecule has 1 saturated carbocycles. The quantitative estimate of drug-likeness (QED) is 0.605. The minimum atomic E-state index is -4.42. The number of piperidine rings is 2. The van der Waals surface area contributed by atoms with Crippen LogP contribution in [-0.4, -0.2) is 53.6 Å². The molecule has 4 unspecified atom stereocenters. The standard InChI is InChI=1S/C22H24F3N7O/c1-13-2-5-18(32-27-8-9-28-32)20(29-13)21(33)31-12-14-3-6-17(31)16(10-14)30-19-7-4-15(11-26-19)22(23,24)25/h2,4-5,7-9,11,14,16-17,21,33H,3,6,10,12H2,1H3,(H,26,30). The molecule has 174 valence electrons. The maximum atomic E-state index is 12.9. The van der Waals surface area contributed by atoms with Crippen molar-refractivity contribution >= 4 is 5.82 Å². The van der Waals surface area contributed by atoms with Gasteiger partial charge >= 0.3 is 6.18 Å². The third kappa shape index (κ3) is 4.30. The number of hydrogen-bond donors (Lipinski definition) is 2. The van der Waals surface area contributed by atoms with Crippen molar-refractivity contribution in [2.75, 3.05) is 11.9 Å². The second-order valence-electron chi connectivity index (χ2n) is 8.67. The fraction of sp³-hybridized carbons (Fsp3) is 0.455. The second kappa shape index (κ2) is 8.38. The van der Waals surface area contributed by atoms with E-state index in [1.54, 1.807) is 12.4 Å². The van der Waals surface area contributed by atoms with E-state index in [1.807, 2.05) is 24.0 Å². The van der Waals surface area contributed by atoms with Crippen LogP contribution in [0.2, 0.25) is 0 Å². The SMILES string of the molecule is Cc1ccc(-n2nccn2)c(C(O)N2CC3CCC2C(Nc2ccc(C(F)(F)F)cn2)C3)n1. The third-order valence-electron chi connectivity index (χ3n) is 6.48. The molecular formula is C22H24F3N7O. The van der Waals surface area contributed by atoms with E-state index in [1.165, 1.54) is 10.9 Å². The monoisotopic (exact) mass is 459 g/mol. The third-order valence-corrected chi connectivity index (χ3v) is 6.48. The van der Waals surface area contributed by atoms with Gasteiger partial charge in [0.05, 0.1) is 18.0 Å². The predicted molar refractivity (Wildman–Crippen MR) is 113 cm³/mol. The van der Waals surface area contributed by atoms with Gasteiger partial charge in [0.15, 0.2) is 6.23 Å². The fourth-order valence-electron chi connectivity index (χ4n) is 4.94. The lowest BCUT2D eigenvalue weighted by molar-refractivity contribution is -0.137. The molecule has 8 nitrogen and oxygen atoms in total. The molecule has 0 radical (unpaired) electrons. The van der Waals surface area contributed by atoms with Gasteiger partial charge in [-0.3, -0.25) is 9.88 Å². The normalized spacial score (nSPS) is 24.1. The number of nitrogens with one attached hydrogen (secondary N) is 1. The number of pyridine rings is 2. The highest BCUT2D eigenvalue weighted by Gasteiger charge is 2.44. The van der Waals surface area contributed by atoms with E-state index in [0.29, 0.717) is 29.7 Å². The van der Waals surface area contributed by atoms with Gasteiger partial charge in [0.1, 0.15) is 17.2 Å². The van der Waals surface area contributed by atoms with E-state index in [2.05, 4.69) is 25.5 Å². The summed E-state index contributed by atoms with van der Waals surface area (Å²) in [6.45, 7) is 2.57. The summed E-state index contributed by atoms with van der Waals surface area (Å²) in [5.74, 6) is 0.748. The molecule has 6 rings (SSSR count). The molecule has 3 aliphatic rings. The Morgan fingerprint density at radius 3 is 2.58 bits per heavy atom. The van der Waals surface area contributed by atoms with Crippen LogP contribution in [-0.2, 0) is 6.18 Å². The topological polar surface area (TPSA) is 92.0 Å². The van der Waals surface area contributed by atoms with Crippen molar-refractivity contribution in [2.45, 2.75) is 50.7 Å². The molecule has 2 N–H and O–H groups in total. The summed E-state index contributed by atoms with van der Waals surface area (Å²) < 4.78 is 38.6. The van der Waals surface area contributed by atoms with Crippen molar-refractivity contribution < 1.29 is 18.3 Å². The Balaban J connectivity index is 1.39. The van der Waals surface area contributed by atoms with Crippen molar-refractivity contribution in [1.82, 2.24) is 29.9 Å². The zero-order chi connectivity index (χ0) is 23.2. The van der Waals surface area contributed by atoms with Crippen LogP contribution in [0.25, 0.3) is 5.69 Å². The first-order chi connectivity index (χ1) is 15.8. The Morgan fingerprint density at radius 2 is 1.91 bits per heavy atom. The van der Waals surface area contributed by atoms with Gasteiger partial charge in [-0.2, -0.15) is 23.4 Å². The second-order valence-corrected chi connectivity index (χ2v) is 8.67. The fourth-order valence-corrected chi connectivity index (χ4v) is 4.94. The number of nitrogens with zero attached hydrogens (tertiary/aromatic N) is 6. The lowest BCUT2D eigenvalue weighted by atomic mass is 9.76. The first-order valence-corrected chi connectivity index (χ1v) is 10.9. The van der Waals surface area contributed by atoms with Gasteiger partial charge in [0.2, 0.25) is 0 Å². The van der Waals surface area contributed by atoms with Crippen molar-refractivity contribution in [3.05, 3.63) is 59.8 Å². The van der Waals surface area contributed by atoms with Gasteiger partial charge in [-0.25, -0.2) is 4.98 Å². The molecule has 3 aromatic heterocycles. The highest BCUT2D eigenvalue weighted by Crippen LogP contribution is 2.41. The number of anilines is 1. The Hall–Kier alpha value is -3.05. The number of rotatable bonds is 5. The molecule has 0 amide bonds. The Morgan fingerprint density at radius 1 is 1.12 bits per heavy atom. The zero-order valence-corrected chi connectivity index (χ0v) is 17.9. The number of hydrogen-bond acceptors (Lipinski definition) is 7.